The molecule has 1 aromatic carbocycles. The minimum atomic E-state index is -1.38. The summed E-state index contributed by atoms with van der Waals surface area (Å²) in [6.45, 7) is -0.472. The predicted molar refractivity (Wildman–Crippen MR) is 63.6 cm³/mol. The summed E-state index contributed by atoms with van der Waals surface area (Å²) >= 11 is 0. The summed E-state index contributed by atoms with van der Waals surface area (Å²) in [7, 11) is 0. The zero-order chi connectivity index (χ0) is 15.3. The Morgan fingerprint density at radius 1 is 1.40 bits per heavy atom. The number of rotatable bonds is 6. The molecule has 0 aromatic heterocycles. The Bertz CT molecular complexity index is 548. The molecule has 1 amide bonds. The van der Waals surface area contributed by atoms with Crippen LogP contribution in [0.1, 0.15) is 16.8 Å². The van der Waals surface area contributed by atoms with Crippen molar-refractivity contribution in [2.75, 3.05) is 6.61 Å². The molecule has 0 spiro atoms. The van der Waals surface area contributed by atoms with Crippen LogP contribution in [0.5, 0.6) is 0 Å². The zero-order valence-corrected chi connectivity index (χ0v) is 10.1. The second kappa shape index (κ2) is 6.57. The van der Waals surface area contributed by atoms with Gasteiger partial charge in [0.1, 0.15) is 11.9 Å². The normalized spacial score (nSPS) is 11.7. The van der Waals surface area contributed by atoms with Crippen LogP contribution in [0, 0.1) is 15.9 Å². The van der Waals surface area contributed by atoms with E-state index in [2.05, 4.69) is 0 Å². The molecule has 9 heteroatoms. The zero-order valence-electron chi connectivity index (χ0n) is 10.1. The monoisotopic (exact) mass is 286 g/mol. The van der Waals surface area contributed by atoms with Crippen LogP contribution in [0.15, 0.2) is 18.2 Å². The number of amides is 1. The van der Waals surface area contributed by atoms with Gasteiger partial charge in [0.05, 0.1) is 11.0 Å². The largest absolute Gasteiger partial charge is 0.480 e. The molecular weight excluding hydrogens is 275 g/mol. The standard InChI is InChI=1S/C11H11FN2O6/c12-7-3-6(4-8(5-7)14(19)20)10(16)13-9(1-2-15)11(17)18/h3-5,9,15H,1-2H2,(H,13,16)(H,17,18). The Hall–Kier alpha value is -2.55. The molecule has 20 heavy (non-hydrogen) atoms. The van der Waals surface area contributed by atoms with E-state index in [9.17, 15) is 24.1 Å². The number of nitrogens with one attached hydrogen (secondary N) is 1. The van der Waals surface area contributed by atoms with E-state index in [-0.39, 0.29) is 12.0 Å². The van der Waals surface area contributed by atoms with Gasteiger partial charge in [0.15, 0.2) is 0 Å². The van der Waals surface area contributed by atoms with Crippen LogP contribution in [0.3, 0.4) is 0 Å². The Balaban J connectivity index is 2.97. The molecule has 0 saturated heterocycles. The smallest absolute Gasteiger partial charge is 0.326 e. The van der Waals surface area contributed by atoms with Crippen LogP contribution in [0.25, 0.3) is 0 Å². The van der Waals surface area contributed by atoms with Gasteiger partial charge in [-0.05, 0) is 6.07 Å². The van der Waals surface area contributed by atoms with Crippen LogP contribution in [-0.4, -0.2) is 39.7 Å². The van der Waals surface area contributed by atoms with E-state index in [0.29, 0.717) is 6.07 Å². The molecule has 0 heterocycles. The van der Waals surface area contributed by atoms with Crippen LogP contribution < -0.4 is 5.32 Å². The van der Waals surface area contributed by atoms with Crippen molar-refractivity contribution in [1.29, 1.82) is 0 Å². The average Bonchev–Trinajstić information content (AvgIpc) is 2.37. The molecule has 1 aromatic rings. The van der Waals surface area contributed by atoms with E-state index in [0.717, 1.165) is 12.1 Å². The predicted octanol–water partition coefficient (Wildman–Crippen LogP) is 0.299. The first-order chi connectivity index (χ1) is 9.35. The number of carbonyl (C=O) groups excluding carboxylic acids is 1. The van der Waals surface area contributed by atoms with Crippen molar-refractivity contribution < 1.29 is 29.1 Å². The maximum Gasteiger partial charge on any atom is 0.326 e. The highest BCUT2D eigenvalue weighted by atomic mass is 19.1. The SMILES string of the molecule is O=C(NC(CCO)C(=O)O)c1cc(F)cc([N+](=O)[O-])c1. The molecule has 0 aliphatic rings. The van der Waals surface area contributed by atoms with Gasteiger partial charge in [0.25, 0.3) is 11.6 Å². The van der Waals surface area contributed by atoms with Crippen LogP contribution in [-0.2, 0) is 4.79 Å². The highest BCUT2D eigenvalue weighted by molar-refractivity contribution is 5.97. The van der Waals surface area contributed by atoms with E-state index in [1.807, 2.05) is 5.32 Å². The molecule has 0 fully saturated rings. The number of carboxylic acids is 1. The number of aliphatic carboxylic acids is 1. The number of aliphatic hydroxyl groups excluding tert-OH is 1. The first-order valence-electron chi connectivity index (χ1n) is 5.44. The lowest BCUT2D eigenvalue weighted by molar-refractivity contribution is -0.385. The number of non-ortho nitro benzene ring substituents is 1. The first kappa shape index (κ1) is 15.5. The summed E-state index contributed by atoms with van der Waals surface area (Å²) < 4.78 is 13.2. The highest BCUT2D eigenvalue weighted by Gasteiger charge is 2.21. The third-order valence-corrected chi connectivity index (χ3v) is 2.38. The lowest BCUT2D eigenvalue weighted by Crippen LogP contribution is -2.41. The second-order valence-electron chi connectivity index (χ2n) is 3.83. The van der Waals surface area contributed by atoms with Crippen molar-refractivity contribution in [3.05, 3.63) is 39.7 Å². The number of carboxylic acid groups (broad SMARTS) is 1. The third-order valence-electron chi connectivity index (χ3n) is 2.38. The fourth-order valence-electron chi connectivity index (χ4n) is 1.44. The lowest BCUT2D eigenvalue weighted by Gasteiger charge is -2.13. The van der Waals surface area contributed by atoms with Crippen molar-refractivity contribution in [3.8, 4) is 0 Å². The summed E-state index contributed by atoms with van der Waals surface area (Å²) in [5, 5.41) is 30.0. The van der Waals surface area contributed by atoms with Crippen molar-refractivity contribution in [1.82, 2.24) is 5.32 Å². The molecule has 3 N–H and O–H groups in total. The number of nitro groups is 1. The molecule has 0 aliphatic carbocycles. The summed E-state index contributed by atoms with van der Waals surface area (Å²) in [5.41, 5.74) is -0.995. The second-order valence-corrected chi connectivity index (χ2v) is 3.83. The van der Waals surface area contributed by atoms with Gasteiger partial charge in [-0.1, -0.05) is 0 Å². The van der Waals surface area contributed by atoms with Crippen molar-refractivity contribution in [2.24, 2.45) is 0 Å². The van der Waals surface area contributed by atoms with Gasteiger partial charge in [0, 0.05) is 24.7 Å². The van der Waals surface area contributed by atoms with E-state index in [1.165, 1.54) is 0 Å². The van der Waals surface area contributed by atoms with Gasteiger partial charge in [-0.3, -0.25) is 14.9 Å². The van der Waals surface area contributed by atoms with Gasteiger partial charge in [-0.2, -0.15) is 0 Å². The minimum absolute atomic E-state index is 0.238. The van der Waals surface area contributed by atoms with Crippen LogP contribution >= 0.6 is 0 Å². The topological polar surface area (TPSA) is 130 Å². The highest BCUT2D eigenvalue weighted by Crippen LogP contribution is 2.16. The quantitative estimate of drug-likeness (QED) is 0.509. The van der Waals surface area contributed by atoms with E-state index in [4.69, 9.17) is 10.2 Å². The Kier molecular flexibility index (Phi) is 5.09. The van der Waals surface area contributed by atoms with Gasteiger partial charge in [-0.25, -0.2) is 9.18 Å². The summed E-state index contributed by atoms with van der Waals surface area (Å²) in [6, 6.07) is 0.852. The fraction of sp³-hybridized carbons (Fsp3) is 0.273. The molecule has 108 valence electrons. The van der Waals surface area contributed by atoms with Crippen molar-refractivity contribution in [3.63, 3.8) is 0 Å². The molecule has 0 aliphatic heterocycles. The van der Waals surface area contributed by atoms with E-state index < -0.39 is 41.0 Å². The number of carbonyl (C=O) groups is 2. The molecule has 0 bridgehead atoms. The maximum atomic E-state index is 13.2. The number of nitrogens with zero attached hydrogens (tertiary/aromatic N) is 1. The molecule has 1 unspecified atom stereocenters. The molecule has 1 atom stereocenters. The molecule has 0 saturated carbocycles. The van der Waals surface area contributed by atoms with Gasteiger partial charge in [-0.15, -0.1) is 0 Å². The number of nitro benzene ring substituents is 1. The Morgan fingerprint density at radius 3 is 2.55 bits per heavy atom. The number of aliphatic hydroxyl groups is 1. The first-order valence-corrected chi connectivity index (χ1v) is 5.44. The lowest BCUT2D eigenvalue weighted by atomic mass is 10.1. The summed E-state index contributed by atoms with van der Waals surface area (Å²) in [5.74, 6) is -3.34. The summed E-state index contributed by atoms with van der Waals surface area (Å²) in [4.78, 5) is 32.2. The van der Waals surface area contributed by atoms with Crippen LogP contribution in [0.2, 0.25) is 0 Å². The van der Waals surface area contributed by atoms with Crippen molar-refractivity contribution in [2.45, 2.75) is 12.5 Å². The van der Waals surface area contributed by atoms with Gasteiger partial charge >= 0.3 is 5.97 Å². The molecule has 8 nitrogen and oxygen atoms in total. The number of benzene rings is 1. The molecule has 0 radical (unpaired) electrons. The van der Waals surface area contributed by atoms with Gasteiger partial charge in [0.2, 0.25) is 0 Å². The molecular formula is C11H11FN2O6. The van der Waals surface area contributed by atoms with Crippen LogP contribution in [0.4, 0.5) is 10.1 Å². The fourth-order valence-corrected chi connectivity index (χ4v) is 1.44. The number of hydrogen-bond acceptors (Lipinski definition) is 5. The maximum absolute atomic E-state index is 13.2. The summed E-state index contributed by atoms with van der Waals surface area (Å²) in [6.07, 6.45) is -0.238. The van der Waals surface area contributed by atoms with Gasteiger partial charge < -0.3 is 15.5 Å². The average molecular weight is 286 g/mol. The minimum Gasteiger partial charge on any atom is -0.480 e. The Labute approximate surface area is 112 Å². The molecule has 1 rings (SSSR count). The van der Waals surface area contributed by atoms with E-state index >= 15 is 0 Å². The number of hydrogen-bond donors (Lipinski definition) is 3. The van der Waals surface area contributed by atoms with Crippen molar-refractivity contribution >= 4 is 17.6 Å². The van der Waals surface area contributed by atoms with E-state index in [1.54, 1.807) is 0 Å². The number of halogens is 1. The third kappa shape index (κ3) is 3.99. The Morgan fingerprint density at radius 2 is 2.05 bits per heavy atom.